The minimum atomic E-state index is -3.78. The summed E-state index contributed by atoms with van der Waals surface area (Å²) in [7, 11) is -7.55. The summed E-state index contributed by atoms with van der Waals surface area (Å²) in [5.41, 5.74) is 7.23. The lowest BCUT2D eigenvalue weighted by molar-refractivity contribution is 0.256. The normalized spacial score (nSPS) is 11.7. The average Bonchev–Trinajstić information content (AvgIpc) is 2.41. The second-order valence-corrected chi connectivity index (χ2v) is 9.41. The maximum atomic E-state index is 12.1. The third-order valence-electron chi connectivity index (χ3n) is 3.30. The third kappa shape index (κ3) is 6.13. The fraction of sp³-hybridized carbons (Fsp3) is 0.235. The summed E-state index contributed by atoms with van der Waals surface area (Å²) >= 11 is 0. The number of carbonyl (C=O) groups excluding carboxylic acids is 1. The van der Waals surface area contributed by atoms with Crippen LogP contribution >= 0.6 is 0 Å². The van der Waals surface area contributed by atoms with Crippen LogP contribution in [0.5, 0.6) is 11.5 Å². The maximum absolute atomic E-state index is 12.1. The molecule has 0 unspecified atom stereocenters. The Kier molecular flexibility index (Phi) is 5.90. The van der Waals surface area contributed by atoms with Crippen molar-refractivity contribution in [1.82, 2.24) is 0 Å². The number of hydrogen-bond acceptors (Lipinski definition) is 7. The summed E-state index contributed by atoms with van der Waals surface area (Å²) in [6.45, 7) is 3.37. The van der Waals surface area contributed by atoms with Crippen molar-refractivity contribution in [3.05, 3.63) is 47.5 Å². The molecule has 2 amide bonds. The van der Waals surface area contributed by atoms with Gasteiger partial charge in [0.2, 0.25) is 0 Å². The van der Waals surface area contributed by atoms with Crippen LogP contribution in [0.25, 0.3) is 0 Å². The Hall–Kier alpha value is -2.79. The van der Waals surface area contributed by atoms with Gasteiger partial charge in [-0.15, -0.1) is 0 Å². The topological polar surface area (TPSA) is 133 Å². The van der Waals surface area contributed by atoms with Crippen molar-refractivity contribution in [2.24, 2.45) is 5.73 Å². The largest absolute Gasteiger partial charge is 0.383 e. The predicted octanol–water partition coefficient (Wildman–Crippen LogP) is 2.20. The SMILES string of the molecule is Cc1cc(OS(C)(=O)=O)cc(N(C(N)=O)c2cc(C)cc(OS(C)(=O)=O)c2)c1. The van der Waals surface area contributed by atoms with Gasteiger partial charge in [-0.05, 0) is 49.2 Å². The van der Waals surface area contributed by atoms with E-state index < -0.39 is 26.3 Å². The van der Waals surface area contributed by atoms with Gasteiger partial charge in [-0.2, -0.15) is 16.8 Å². The van der Waals surface area contributed by atoms with Crippen molar-refractivity contribution in [2.45, 2.75) is 13.8 Å². The molecule has 2 N–H and O–H groups in total. The lowest BCUT2D eigenvalue weighted by Gasteiger charge is -2.23. The van der Waals surface area contributed by atoms with Gasteiger partial charge in [0.15, 0.2) is 0 Å². The Morgan fingerprint density at radius 3 is 1.43 bits per heavy atom. The first-order chi connectivity index (χ1) is 12.7. The Bertz CT molecular complexity index is 1040. The molecular weight excluding hydrogens is 408 g/mol. The molecule has 0 radical (unpaired) electrons. The van der Waals surface area contributed by atoms with Crippen LogP contribution in [0.2, 0.25) is 0 Å². The Labute approximate surface area is 163 Å². The van der Waals surface area contributed by atoms with Gasteiger partial charge in [-0.1, -0.05) is 0 Å². The van der Waals surface area contributed by atoms with Gasteiger partial charge in [0, 0.05) is 12.1 Å². The van der Waals surface area contributed by atoms with Crippen LogP contribution in [0.3, 0.4) is 0 Å². The quantitative estimate of drug-likeness (QED) is 0.697. The van der Waals surface area contributed by atoms with Crippen LogP contribution in [-0.2, 0) is 20.2 Å². The van der Waals surface area contributed by atoms with E-state index in [4.69, 9.17) is 14.1 Å². The van der Waals surface area contributed by atoms with Crippen molar-refractivity contribution in [3.8, 4) is 11.5 Å². The highest BCUT2D eigenvalue weighted by molar-refractivity contribution is 7.86. The van der Waals surface area contributed by atoms with E-state index in [2.05, 4.69) is 0 Å². The Balaban J connectivity index is 2.60. The lowest BCUT2D eigenvalue weighted by Crippen LogP contribution is -2.31. The highest BCUT2D eigenvalue weighted by Crippen LogP contribution is 2.33. The summed E-state index contributed by atoms with van der Waals surface area (Å²) < 4.78 is 55.5. The number of hydrogen-bond donors (Lipinski definition) is 1. The van der Waals surface area contributed by atoms with Crippen molar-refractivity contribution in [1.29, 1.82) is 0 Å². The van der Waals surface area contributed by atoms with Gasteiger partial charge in [0.1, 0.15) is 11.5 Å². The molecule has 0 aliphatic heterocycles. The molecule has 0 saturated heterocycles. The van der Waals surface area contributed by atoms with Gasteiger partial charge in [-0.3, -0.25) is 4.90 Å². The zero-order chi connectivity index (χ0) is 21.3. The maximum Gasteiger partial charge on any atom is 0.323 e. The molecule has 0 bridgehead atoms. The standard InChI is InChI=1S/C17H20N2O7S2/c1-11-5-13(9-15(7-11)25-27(3,21)22)19(17(18)20)14-6-12(2)8-16(10-14)26-28(4,23)24/h5-10H,1-4H3,(H2,18,20). The summed E-state index contributed by atoms with van der Waals surface area (Å²) in [6.07, 6.45) is 1.80. The van der Waals surface area contributed by atoms with Crippen molar-refractivity contribution in [2.75, 3.05) is 17.4 Å². The summed E-state index contributed by atoms with van der Waals surface area (Å²) in [4.78, 5) is 13.2. The molecule has 0 saturated carbocycles. The number of anilines is 2. The minimum Gasteiger partial charge on any atom is -0.383 e. The first kappa shape index (κ1) is 21.5. The van der Waals surface area contributed by atoms with Gasteiger partial charge < -0.3 is 14.1 Å². The van der Waals surface area contributed by atoms with Crippen LogP contribution in [0.4, 0.5) is 16.2 Å². The second-order valence-electron chi connectivity index (χ2n) is 6.26. The minimum absolute atomic E-state index is 0.00372. The molecule has 0 aliphatic carbocycles. The van der Waals surface area contributed by atoms with Gasteiger partial charge in [0.05, 0.1) is 23.9 Å². The fourth-order valence-electron chi connectivity index (χ4n) is 2.56. The van der Waals surface area contributed by atoms with E-state index in [1.165, 1.54) is 24.3 Å². The Morgan fingerprint density at radius 1 is 0.786 bits per heavy atom. The van der Waals surface area contributed by atoms with E-state index in [1.807, 2.05) is 0 Å². The van der Waals surface area contributed by atoms with Gasteiger partial charge in [0.25, 0.3) is 0 Å². The van der Waals surface area contributed by atoms with Crippen LogP contribution in [0.15, 0.2) is 36.4 Å². The number of nitrogens with two attached hydrogens (primary N) is 1. The highest BCUT2D eigenvalue weighted by atomic mass is 32.2. The molecule has 2 rings (SSSR count). The summed E-state index contributed by atoms with van der Waals surface area (Å²) in [6, 6.07) is 7.96. The zero-order valence-corrected chi connectivity index (χ0v) is 17.3. The molecule has 28 heavy (non-hydrogen) atoms. The smallest absolute Gasteiger partial charge is 0.323 e. The molecule has 0 atom stereocenters. The fourth-order valence-corrected chi connectivity index (χ4v) is 3.46. The Morgan fingerprint density at radius 2 is 1.14 bits per heavy atom. The number of amides is 2. The van der Waals surface area contributed by atoms with E-state index in [0.717, 1.165) is 17.4 Å². The lowest BCUT2D eigenvalue weighted by atomic mass is 10.1. The van der Waals surface area contributed by atoms with E-state index in [-0.39, 0.29) is 22.9 Å². The monoisotopic (exact) mass is 428 g/mol. The third-order valence-corrected chi connectivity index (χ3v) is 4.29. The molecular formula is C17H20N2O7S2. The molecule has 0 fully saturated rings. The molecule has 152 valence electrons. The van der Waals surface area contributed by atoms with Gasteiger partial charge >= 0.3 is 26.3 Å². The number of benzene rings is 2. The molecule has 11 heteroatoms. The van der Waals surface area contributed by atoms with Crippen LogP contribution in [0.1, 0.15) is 11.1 Å². The van der Waals surface area contributed by atoms with E-state index in [1.54, 1.807) is 26.0 Å². The number of aryl methyl sites for hydroxylation is 2. The summed E-state index contributed by atoms with van der Waals surface area (Å²) in [5, 5.41) is 0. The van der Waals surface area contributed by atoms with E-state index in [9.17, 15) is 21.6 Å². The molecule has 2 aromatic carbocycles. The molecule has 9 nitrogen and oxygen atoms in total. The average molecular weight is 428 g/mol. The van der Waals surface area contributed by atoms with Crippen molar-refractivity contribution in [3.63, 3.8) is 0 Å². The zero-order valence-electron chi connectivity index (χ0n) is 15.7. The number of primary amides is 1. The van der Waals surface area contributed by atoms with Crippen LogP contribution < -0.4 is 19.0 Å². The number of nitrogens with zero attached hydrogens (tertiary/aromatic N) is 1. The first-order valence-corrected chi connectivity index (χ1v) is 11.5. The number of rotatable bonds is 6. The van der Waals surface area contributed by atoms with E-state index >= 15 is 0 Å². The van der Waals surface area contributed by atoms with E-state index in [0.29, 0.717) is 11.1 Å². The van der Waals surface area contributed by atoms with Crippen LogP contribution in [0, 0.1) is 13.8 Å². The molecule has 0 heterocycles. The number of carbonyl (C=O) groups is 1. The molecule has 0 aliphatic rings. The van der Waals surface area contributed by atoms with Crippen molar-refractivity contribution < 1.29 is 30.0 Å². The highest BCUT2D eigenvalue weighted by Gasteiger charge is 2.19. The van der Waals surface area contributed by atoms with Crippen LogP contribution in [-0.4, -0.2) is 35.4 Å². The molecule has 2 aromatic rings. The second kappa shape index (κ2) is 7.68. The summed E-state index contributed by atoms with van der Waals surface area (Å²) in [5.74, 6) is 0.00743. The molecule has 0 spiro atoms. The number of urea groups is 1. The van der Waals surface area contributed by atoms with Crippen molar-refractivity contribution >= 4 is 37.6 Å². The van der Waals surface area contributed by atoms with Gasteiger partial charge in [-0.25, -0.2) is 4.79 Å². The molecule has 0 aromatic heterocycles. The predicted molar refractivity (Wildman–Crippen MR) is 105 cm³/mol. The first-order valence-electron chi connectivity index (χ1n) is 7.85.